The van der Waals surface area contributed by atoms with Gasteiger partial charge in [0, 0.05) is 0 Å². The molecule has 0 heterocycles. The number of hydrogen-bond acceptors (Lipinski definition) is 0. The zero-order chi connectivity index (χ0) is 5.91. The number of rotatable bonds is 2. The Labute approximate surface area is 48.7 Å². The van der Waals surface area contributed by atoms with E-state index in [0.717, 1.165) is 8.13 Å². The predicted octanol–water partition coefficient (Wildman–Crippen LogP) is 2.64. The lowest BCUT2D eigenvalue weighted by Gasteiger charge is -2.10. The Kier molecular flexibility index (Phi) is 2.78. The van der Waals surface area contributed by atoms with Gasteiger partial charge in [-0.1, -0.05) is 32.0 Å². The van der Waals surface area contributed by atoms with Gasteiger partial charge in [0.05, 0.1) is 7.74 Å². The Balaban J connectivity index is 3.34. The molecule has 0 aliphatic rings. The molecule has 0 rings (SSSR count). The van der Waals surface area contributed by atoms with E-state index in [1.54, 1.807) is 0 Å². The van der Waals surface area contributed by atoms with Crippen LogP contribution in [-0.4, -0.2) is 7.74 Å². The van der Waals surface area contributed by atoms with Crippen molar-refractivity contribution in [2.45, 2.75) is 19.6 Å². The van der Waals surface area contributed by atoms with Crippen LogP contribution in [0.1, 0.15) is 0 Å². The normalized spacial score (nSPS) is 13.0. The van der Waals surface area contributed by atoms with Crippen LogP contribution < -0.4 is 0 Å². The summed E-state index contributed by atoms with van der Waals surface area (Å²) in [5.41, 5.74) is 0. The van der Waals surface area contributed by atoms with E-state index in [-0.39, 0.29) is 0 Å². The summed E-state index contributed by atoms with van der Waals surface area (Å²) in [5.74, 6) is 2.05. The fourth-order valence-electron chi connectivity index (χ4n) is 0.306. The quantitative estimate of drug-likeness (QED) is 0.400. The van der Waals surface area contributed by atoms with Gasteiger partial charge in [0.1, 0.15) is 0 Å². The van der Waals surface area contributed by atoms with E-state index in [4.69, 9.17) is 0 Å². The predicted molar refractivity (Wildman–Crippen MR) is 41.9 cm³/mol. The Morgan fingerprint density at radius 2 is 1.86 bits per heavy atom. The summed E-state index contributed by atoms with van der Waals surface area (Å²) in [5, 5.41) is 0. The molecular formula is C5H13PSi. The van der Waals surface area contributed by atoms with Crippen molar-refractivity contribution in [1.29, 1.82) is 0 Å². The van der Waals surface area contributed by atoms with Gasteiger partial charge in [-0.2, -0.15) is 0 Å². The van der Waals surface area contributed by atoms with Crippen LogP contribution in [0.3, 0.4) is 0 Å². The van der Waals surface area contributed by atoms with Crippen molar-refractivity contribution in [3.63, 3.8) is 0 Å². The summed E-state index contributed by atoms with van der Waals surface area (Å²) in [6, 6.07) is 0. The Hall–Kier alpha value is 0.387. The van der Waals surface area contributed by atoms with Crippen LogP contribution in [0.25, 0.3) is 0 Å². The second-order valence-corrected chi connectivity index (χ2v) is 13.2. The van der Waals surface area contributed by atoms with Crippen molar-refractivity contribution in [1.82, 2.24) is 0 Å². The molecule has 0 aliphatic heterocycles. The standard InChI is InChI=1S/C5H13PSi/c1-5-6-7(2,3)4/h5-6H,1H2,2-4H3. The minimum absolute atomic E-state index is 0.747. The van der Waals surface area contributed by atoms with Crippen LogP contribution in [0.15, 0.2) is 12.4 Å². The molecule has 0 aromatic carbocycles. The van der Waals surface area contributed by atoms with Gasteiger partial charge in [0.15, 0.2) is 0 Å². The van der Waals surface area contributed by atoms with Gasteiger partial charge in [0.25, 0.3) is 0 Å². The zero-order valence-electron chi connectivity index (χ0n) is 5.28. The van der Waals surface area contributed by atoms with Gasteiger partial charge < -0.3 is 0 Å². The molecule has 0 aliphatic carbocycles. The van der Waals surface area contributed by atoms with Crippen molar-refractivity contribution in [3.8, 4) is 0 Å². The lowest BCUT2D eigenvalue weighted by molar-refractivity contribution is 1.87. The Morgan fingerprint density at radius 3 is 1.86 bits per heavy atom. The lowest BCUT2D eigenvalue weighted by atomic mass is 11.3. The van der Waals surface area contributed by atoms with Crippen molar-refractivity contribution in [2.75, 3.05) is 0 Å². The average Bonchev–Trinajstić information content (AvgIpc) is 1.30. The maximum Gasteiger partial charge on any atom is 0.0729 e. The highest BCUT2D eigenvalue weighted by Gasteiger charge is 2.08. The third-order valence-electron chi connectivity index (χ3n) is 0.535. The van der Waals surface area contributed by atoms with Crippen LogP contribution in [0.4, 0.5) is 0 Å². The van der Waals surface area contributed by atoms with Crippen LogP contribution in [-0.2, 0) is 0 Å². The third kappa shape index (κ3) is 6.39. The molecule has 0 N–H and O–H groups in total. The molecule has 0 saturated carbocycles. The first kappa shape index (κ1) is 7.39. The lowest BCUT2D eigenvalue weighted by Crippen LogP contribution is -2.09. The van der Waals surface area contributed by atoms with E-state index in [1.165, 1.54) is 0 Å². The van der Waals surface area contributed by atoms with Crippen molar-refractivity contribution in [2.24, 2.45) is 0 Å². The Bertz CT molecular complexity index is 63.0. The first-order valence-corrected chi connectivity index (χ1v) is 8.02. The molecule has 42 valence electrons. The fourth-order valence-corrected chi connectivity index (χ4v) is 2.76. The molecule has 0 nitrogen and oxygen atoms in total. The summed E-state index contributed by atoms with van der Waals surface area (Å²) in [6.45, 7) is 10.8. The molecule has 0 fully saturated rings. The second-order valence-electron chi connectivity index (χ2n) is 2.60. The van der Waals surface area contributed by atoms with Gasteiger partial charge in [-0.3, -0.25) is 0 Å². The van der Waals surface area contributed by atoms with Gasteiger partial charge in [-0.15, -0.1) is 8.13 Å². The minimum atomic E-state index is -0.747. The van der Waals surface area contributed by atoms with Gasteiger partial charge >= 0.3 is 0 Å². The molecule has 0 aromatic heterocycles. The number of hydrogen-bond donors (Lipinski definition) is 0. The van der Waals surface area contributed by atoms with Crippen molar-refractivity contribution < 1.29 is 0 Å². The van der Waals surface area contributed by atoms with Crippen LogP contribution in [0.5, 0.6) is 0 Å². The monoisotopic (exact) mass is 132 g/mol. The minimum Gasteiger partial charge on any atom is -0.111 e. The smallest absolute Gasteiger partial charge is 0.0729 e. The van der Waals surface area contributed by atoms with Crippen molar-refractivity contribution >= 4 is 15.9 Å². The van der Waals surface area contributed by atoms with E-state index >= 15 is 0 Å². The van der Waals surface area contributed by atoms with Gasteiger partial charge in [-0.05, 0) is 0 Å². The average molecular weight is 132 g/mol. The zero-order valence-corrected chi connectivity index (χ0v) is 7.28. The highest BCUT2D eigenvalue weighted by molar-refractivity contribution is 7.83. The molecule has 7 heavy (non-hydrogen) atoms. The summed E-state index contributed by atoms with van der Waals surface area (Å²) in [4.78, 5) is 0. The van der Waals surface area contributed by atoms with E-state index < -0.39 is 7.74 Å². The summed E-state index contributed by atoms with van der Waals surface area (Å²) < 4.78 is 0. The fraction of sp³-hybridized carbons (Fsp3) is 0.600. The first-order chi connectivity index (χ1) is 3.06. The van der Waals surface area contributed by atoms with E-state index in [2.05, 4.69) is 26.2 Å². The van der Waals surface area contributed by atoms with E-state index in [0.29, 0.717) is 0 Å². The molecular weight excluding hydrogens is 119 g/mol. The molecule has 0 amide bonds. The topological polar surface area (TPSA) is 0 Å². The molecule has 1 atom stereocenters. The SMILES string of the molecule is C=CP[Si](C)(C)C. The van der Waals surface area contributed by atoms with Crippen molar-refractivity contribution in [3.05, 3.63) is 12.4 Å². The van der Waals surface area contributed by atoms with Crippen LogP contribution in [0.2, 0.25) is 19.6 Å². The molecule has 0 radical (unpaired) electrons. The highest BCUT2D eigenvalue weighted by Crippen LogP contribution is 2.26. The highest BCUT2D eigenvalue weighted by atomic mass is 31.3. The molecule has 1 unspecified atom stereocenters. The largest absolute Gasteiger partial charge is 0.111 e. The molecule has 0 saturated heterocycles. The van der Waals surface area contributed by atoms with E-state index in [9.17, 15) is 0 Å². The molecule has 0 bridgehead atoms. The van der Waals surface area contributed by atoms with Crippen LogP contribution >= 0.6 is 8.13 Å². The third-order valence-corrected chi connectivity index (χ3v) is 4.82. The summed E-state index contributed by atoms with van der Waals surface area (Å²) >= 11 is 0. The first-order valence-electron chi connectivity index (χ1n) is 2.45. The maximum atomic E-state index is 3.69. The summed E-state index contributed by atoms with van der Waals surface area (Å²) in [7, 11) is 0.280. The maximum absolute atomic E-state index is 3.69. The van der Waals surface area contributed by atoms with E-state index in [1.807, 2.05) is 5.82 Å². The Morgan fingerprint density at radius 1 is 1.43 bits per heavy atom. The van der Waals surface area contributed by atoms with Crippen LogP contribution in [0, 0.1) is 0 Å². The van der Waals surface area contributed by atoms with Gasteiger partial charge in [-0.25, -0.2) is 0 Å². The molecule has 0 spiro atoms. The second kappa shape index (κ2) is 2.63. The summed E-state index contributed by atoms with van der Waals surface area (Å²) in [6.07, 6.45) is 0. The van der Waals surface area contributed by atoms with Gasteiger partial charge in [0.2, 0.25) is 0 Å². The molecule has 2 heteroatoms. The molecule has 0 aromatic rings.